The van der Waals surface area contributed by atoms with Crippen LogP contribution < -0.4 is 11.1 Å². The Balaban J connectivity index is 1.83. The third kappa shape index (κ3) is 4.99. The molecular weight excluding hydrogens is 262 g/mol. The van der Waals surface area contributed by atoms with Gasteiger partial charge in [0, 0.05) is 19.1 Å². The molecule has 1 heterocycles. The number of rotatable bonds is 6. The van der Waals surface area contributed by atoms with Gasteiger partial charge in [-0.1, -0.05) is 36.4 Å². The van der Waals surface area contributed by atoms with Gasteiger partial charge in [-0.25, -0.2) is 0 Å². The topological polar surface area (TPSA) is 58.4 Å². The van der Waals surface area contributed by atoms with Crippen LogP contribution >= 0.6 is 0 Å². The van der Waals surface area contributed by atoms with Gasteiger partial charge >= 0.3 is 0 Å². The SMILES string of the molecule is C=CCC(N)C(=O)NC1CCCN(Cc2ccccc2)C1. The van der Waals surface area contributed by atoms with Crippen LogP contribution in [0.25, 0.3) is 0 Å². The summed E-state index contributed by atoms with van der Waals surface area (Å²) in [6, 6.07) is 10.2. The van der Waals surface area contributed by atoms with E-state index < -0.39 is 6.04 Å². The molecular formula is C17H25N3O. The van der Waals surface area contributed by atoms with Crippen molar-refractivity contribution < 1.29 is 4.79 Å². The molecule has 0 bridgehead atoms. The molecule has 0 aliphatic carbocycles. The lowest BCUT2D eigenvalue weighted by Gasteiger charge is -2.33. The second-order valence-electron chi connectivity index (χ2n) is 5.70. The first-order valence-electron chi connectivity index (χ1n) is 7.62. The largest absolute Gasteiger partial charge is 0.351 e. The van der Waals surface area contributed by atoms with Crippen molar-refractivity contribution in [1.29, 1.82) is 0 Å². The lowest BCUT2D eigenvalue weighted by Crippen LogP contribution is -2.51. The maximum absolute atomic E-state index is 12.0. The molecule has 0 radical (unpaired) electrons. The molecule has 1 amide bonds. The summed E-state index contributed by atoms with van der Waals surface area (Å²) < 4.78 is 0. The number of nitrogens with zero attached hydrogens (tertiary/aromatic N) is 1. The van der Waals surface area contributed by atoms with Crippen LogP contribution in [-0.2, 0) is 11.3 Å². The molecule has 1 fully saturated rings. The van der Waals surface area contributed by atoms with Gasteiger partial charge in [0.2, 0.25) is 5.91 Å². The van der Waals surface area contributed by atoms with Gasteiger partial charge in [0.1, 0.15) is 0 Å². The van der Waals surface area contributed by atoms with Crippen LogP contribution in [0, 0.1) is 0 Å². The van der Waals surface area contributed by atoms with Crippen molar-refractivity contribution in [2.75, 3.05) is 13.1 Å². The smallest absolute Gasteiger partial charge is 0.237 e. The van der Waals surface area contributed by atoms with Crippen LogP contribution in [0.5, 0.6) is 0 Å². The highest BCUT2D eigenvalue weighted by Crippen LogP contribution is 2.14. The Kier molecular flexibility index (Phi) is 5.96. The van der Waals surface area contributed by atoms with E-state index in [1.165, 1.54) is 5.56 Å². The molecule has 0 spiro atoms. The van der Waals surface area contributed by atoms with E-state index in [1.54, 1.807) is 6.08 Å². The van der Waals surface area contributed by atoms with Crippen LogP contribution in [0.15, 0.2) is 43.0 Å². The Bertz CT molecular complexity index is 460. The highest BCUT2D eigenvalue weighted by molar-refractivity contribution is 5.81. The van der Waals surface area contributed by atoms with Gasteiger partial charge in [0.05, 0.1) is 6.04 Å². The molecule has 4 heteroatoms. The number of likely N-dealkylation sites (tertiary alicyclic amines) is 1. The second kappa shape index (κ2) is 7.96. The molecule has 2 unspecified atom stereocenters. The summed E-state index contributed by atoms with van der Waals surface area (Å²) in [5.74, 6) is -0.0681. The molecule has 21 heavy (non-hydrogen) atoms. The second-order valence-corrected chi connectivity index (χ2v) is 5.70. The maximum atomic E-state index is 12.0. The van der Waals surface area contributed by atoms with Crippen molar-refractivity contribution in [3.63, 3.8) is 0 Å². The molecule has 0 aromatic heterocycles. The van der Waals surface area contributed by atoms with E-state index >= 15 is 0 Å². The zero-order valence-corrected chi connectivity index (χ0v) is 12.5. The van der Waals surface area contributed by atoms with Crippen molar-refractivity contribution in [2.45, 2.75) is 37.9 Å². The van der Waals surface area contributed by atoms with E-state index in [4.69, 9.17) is 5.73 Å². The predicted molar refractivity (Wildman–Crippen MR) is 85.7 cm³/mol. The van der Waals surface area contributed by atoms with Crippen LogP contribution in [0.2, 0.25) is 0 Å². The number of hydrogen-bond donors (Lipinski definition) is 2. The van der Waals surface area contributed by atoms with Crippen LogP contribution in [-0.4, -0.2) is 36.0 Å². The Hall–Kier alpha value is -1.65. The molecule has 114 valence electrons. The first-order valence-corrected chi connectivity index (χ1v) is 7.62. The quantitative estimate of drug-likeness (QED) is 0.783. The van der Waals surface area contributed by atoms with Crippen LogP contribution in [0.3, 0.4) is 0 Å². The molecule has 1 aromatic rings. The summed E-state index contributed by atoms with van der Waals surface area (Å²) in [7, 11) is 0. The number of amides is 1. The fourth-order valence-corrected chi connectivity index (χ4v) is 2.75. The normalized spacial score (nSPS) is 20.7. The lowest BCUT2D eigenvalue weighted by atomic mass is 10.0. The molecule has 0 saturated carbocycles. The Labute approximate surface area is 127 Å². The van der Waals surface area contributed by atoms with E-state index in [1.807, 2.05) is 6.07 Å². The van der Waals surface area contributed by atoms with E-state index in [0.717, 1.165) is 32.5 Å². The number of carbonyl (C=O) groups excluding carboxylic acids is 1. The Morgan fingerprint density at radius 2 is 2.24 bits per heavy atom. The number of carbonyl (C=O) groups is 1. The minimum atomic E-state index is -0.480. The molecule has 1 saturated heterocycles. The predicted octanol–water partition coefficient (Wildman–Crippen LogP) is 1.67. The monoisotopic (exact) mass is 287 g/mol. The molecule has 2 rings (SSSR count). The summed E-state index contributed by atoms with van der Waals surface area (Å²) >= 11 is 0. The van der Waals surface area contributed by atoms with Gasteiger partial charge in [0.15, 0.2) is 0 Å². The van der Waals surface area contributed by atoms with Crippen molar-refractivity contribution in [1.82, 2.24) is 10.2 Å². The number of nitrogens with two attached hydrogens (primary N) is 1. The first kappa shape index (κ1) is 15.7. The number of piperidine rings is 1. The summed E-state index contributed by atoms with van der Waals surface area (Å²) in [5.41, 5.74) is 7.12. The van der Waals surface area contributed by atoms with Gasteiger partial charge < -0.3 is 11.1 Å². The van der Waals surface area contributed by atoms with Gasteiger partial charge in [0.25, 0.3) is 0 Å². The Morgan fingerprint density at radius 3 is 2.95 bits per heavy atom. The fraction of sp³-hybridized carbons (Fsp3) is 0.471. The fourth-order valence-electron chi connectivity index (χ4n) is 2.75. The molecule has 2 atom stereocenters. The van der Waals surface area contributed by atoms with E-state index in [-0.39, 0.29) is 11.9 Å². The lowest BCUT2D eigenvalue weighted by molar-refractivity contribution is -0.123. The maximum Gasteiger partial charge on any atom is 0.237 e. The number of hydrogen-bond acceptors (Lipinski definition) is 3. The summed E-state index contributed by atoms with van der Waals surface area (Å²) in [5, 5.41) is 3.07. The van der Waals surface area contributed by atoms with Crippen molar-refractivity contribution in [3.05, 3.63) is 48.6 Å². The van der Waals surface area contributed by atoms with Crippen molar-refractivity contribution in [2.24, 2.45) is 5.73 Å². The molecule has 4 nitrogen and oxygen atoms in total. The van der Waals surface area contributed by atoms with Gasteiger partial charge in [-0.3, -0.25) is 9.69 Å². The molecule has 3 N–H and O–H groups in total. The third-order valence-electron chi connectivity index (χ3n) is 3.86. The highest BCUT2D eigenvalue weighted by atomic mass is 16.2. The zero-order valence-electron chi connectivity index (χ0n) is 12.5. The average Bonchev–Trinajstić information content (AvgIpc) is 2.49. The first-order chi connectivity index (χ1) is 10.2. The number of nitrogens with one attached hydrogen (secondary N) is 1. The minimum Gasteiger partial charge on any atom is -0.351 e. The molecule has 1 aromatic carbocycles. The summed E-state index contributed by atoms with van der Waals surface area (Å²) in [6.07, 6.45) is 4.34. The third-order valence-corrected chi connectivity index (χ3v) is 3.86. The van der Waals surface area contributed by atoms with Crippen molar-refractivity contribution in [3.8, 4) is 0 Å². The van der Waals surface area contributed by atoms with E-state index in [2.05, 4.69) is 41.1 Å². The van der Waals surface area contributed by atoms with Gasteiger partial charge in [-0.05, 0) is 31.4 Å². The summed E-state index contributed by atoms with van der Waals surface area (Å²) in [6.45, 7) is 6.53. The minimum absolute atomic E-state index is 0.0681. The summed E-state index contributed by atoms with van der Waals surface area (Å²) in [4.78, 5) is 14.4. The van der Waals surface area contributed by atoms with Crippen LogP contribution in [0.1, 0.15) is 24.8 Å². The zero-order chi connectivity index (χ0) is 15.1. The van der Waals surface area contributed by atoms with Crippen LogP contribution in [0.4, 0.5) is 0 Å². The Morgan fingerprint density at radius 1 is 1.48 bits per heavy atom. The number of benzene rings is 1. The highest BCUT2D eigenvalue weighted by Gasteiger charge is 2.23. The average molecular weight is 287 g/mol. The van der Waals surface area contributed by atoms with E-state index in [0.29, 0.717) is 6.42 Å². The standard InChI is InChI=1S/C17H25N3O/c1-2-7-16(18)17(21)19-15-10-6-11-20(13-15)12-14-8-4-3-5-9-14/h2-5,8-9,15-16H,1,6-7,10-13,18H2,(H,19,21). The van der Waals surface area contributed by atoms with Gasteiger partial charge in [-0.2, -0.15) is 0 Å². The molecule has 1 aliphatic rings. The van der Waals surface area contributed by atoms with Gasteiger partial charge in [-0.15, -0.1) is 6.58 Å². The molecule has 1 aliphatic heterocycles. The van der Waals surface area contributed by atoms with E-state index in [9.17, 15) is 4.79 Å². The van der Waals surface area contributed by atoms with Crippen molar-refractivity contribution >= 4 is 5.91 Å².